The number of aryl methyl sites for hydroxylation is 2. The SMILES string of the molecule is Cc1nn(Cc2ccccc2)c(C)c1NC(=O)c1cc(NC(=O)c2ccccc2Cl)n(C)n1. The average molecular weight is 463 g/mol. The number of halogens is 1. The van der Waals surface area contributed by atoms with Crippen LogP contribution in [-0.2, 0) is 13.6 Å². The molecule has 0 aliphatic rings. The molecule has 4 rings (SSSR count). The van der Waals surface area contributed by atoms with Crippen LogP contribution in [-0.4, -0.2) is 31.4 Å². The van der Waals surface area contributed by atoms with Gasteiger partial charge >= 0.3 is 0 Å². The average Bonchev–Trinajstić information content (AvgIpc) is 3.29. The van der Waals surface area contributed by atoms with Gasteiger partial charge in [0.25, 0.3) is 11.8 Å². The van der Waals surface area contributed by atoms with Crippen molar-refractivity contribution in [1.82, 2.24) is 19.6 Å². The molecule has 0 bridgehead atoms. The molecule has 0 aliphatic heterocycles. The number of amides is 2. The molecule has 33 heavy (non-hydrogen) atoms. The van der Waals surface area contributed by atoms with Crippen molar-refractivity contribution in [2.45, 2.75) is 20.4 Å². The second kappa shape index (κ2) is 9.30. The van der Waals surface area contributed by atoms with E-state index < -0.39 is 5.91 Å². The van der Waals surface area contributed by atoms with Gasteiger partial charge < -0.3 is 10.6 Å². The number of nitrogens with zero attached hydrogens (tertiary/aromatic N) is 4. The predicted molar refractivity (Wildman–Crippen MR) is 128 cm³/mol. The van der Waals surface area contributed by atoms with Gasteiger partial charge in [0.15, 0.2) is 5.69 Å². The van der Waals surface area contributed by atoms with Gasteiger partial charge in [-0.05, 0) is 31.5 Å². The van der Waals surface area contributed by atoms with E-state index in [4.69, 9.17) is 11.6 Å². The summed E-state index contributed by atoms with van der Waals surface area (Å²) in [6.07, 6.45) is 0. The number of carbonyl (C=O) groups excluding carboxylic acids is 2. The lowest BCUT2D eigenvalue weighted by molar-refractivity contribution is 0.101. The Morgan fingerprint density at radius 1 is 0.939 bits per heavy atom. The van der Waals surface area contributed by atoms with Crippen LogP contribution in [0.15, 0.2) is 60.7 Å². The zero-order chi connectivity index (χ0) is 23.5. The molecular formula is C24H23ClN6O2. The highest BCUT2D eigenvalue weighted by molar-refractivity contribution is 6.34. The highest BCUT2D eigenvalue weighted by atomic mass is 35.5. The van der Waals surface area contributed by atoms with Crippen LogP contribution in [0.25, 0.3) is 0 Å². The molecule has 0 spiro atoms. The molecule has 0 atom stereocenters. The Morgan fingerprint density at radius 3 is 2.36 bits per heavy atom. The highest BCUT2D eigenvalue weighted by Crippen LogP contribution is 2.22. The molecular weight excluding hydrogens is 440 g/mol. The first-order valence-corrected chi connectivity index (χ1v) is 10.7. The quantitative estimate of drug-likeness (QED) is 0.443. The molecule has 9 heteroatoms. The van der Waals surface area contributed by atoms with E-state index in [0.29, 0.717) is 34.3 Å². The summed E-state index contributed by atoms with van der Waals surface area (Å²) in [5.74, 6) is -0.406. The number of benzene rings is 2. The van der Waals surface area contributed by atoms with Crippen LogP contribution in [0.4, 0.5) is 11.5 Å². The normalized spacial score (nSPS) is 10.8. The summed E-state index contributed by atoms with van der Waals surface area (Å²) < 4.78 is 3.29. The monoisotopic (exact) mass is 462 g/mol. The third-order valence-corrected chi connectivity index (χ3v) is 5.60. The van der Waals surface area contributed by atoms with Gasteiger partial charge in [-0.2, -0.15) is 10.2 Å². The molecule has 4 aromatic rings. The van der Waals surface area contributed by atoms with Crippen molar-refractivity contribution in [3.63, 3.8) is 0 Å². The Bertz CT molecular complexity index is 1330. The van der Waals surface area contributed by atoms with E-state index >= 15 is 0 Å². The van der Waals surface area contributed by atoms with Gasteiger partial charge in [0.1, 0.15) is 5.82 Å². The maximum atomic E-state index is 12.9. The van der Waals surface area contributed by atoms with Crippen LogP contribution in [0.2, 0.25) is 5.02 Å². The van der Waals surface area contributed by atoms with Crippen molar-refractivity contribution in [2.75, 3.05) is 10.6 Å². The van der Waals surface area contributed by atoms with Gasteiger partial charge in [-0.15, -0.1) is 0 Å². The molecule has 2 aromatic heterocycles. The van der Waals surface area contributed by atoms with Gasteiger partial charge in [0.2, 0.25) is 0 Å². The number of anilines is 2. The summed E-state index contributed by atoms with van der Waals surface area (Å²) in [5.41, 5.74) is 3.81. The fourth-order valence-corrected chi connectivity index (χ4v) is 3.71. The maximum absolute atomic E-state index is 12.9. The Morgan fingerprint density at radius 2 is 1.64 bits per heavy atom. The van der Waals surface area contributed by atoms with E-state index in [1.165, 1.54) is 10.7 Å². The van der Waals surface area contributed by atoms with Gasteiger partial charge in [-0.1, -0.05) is 54.1 Å². The zero-order valence-corrected chi connectivity index (χ0v) is 19.2. The minimum Gasteiger partial charge on any atom is -0.317 e. The van der Waals surface area contributed by atoms with Gasteiger partial charge in [0.05, 0.1) is 34.2 Å². The molecule has 8 nitrogen and oxygen atoms in total. The Hall–Kier alpha value is -3.91. The first kappa shape index (κ1) is 22.3. The Balaban J connectivity index is 1.50. The molecule has 0 saturated heterocycles. The third-order valence-electron chi connectivity index (χ3n) is 5.27. The zero-order valence-electron chi connectivity index (χ0n) is 18.5. The largest absolute Gasteiger partial charge is 0.317 e. The topological polar surface area (TPSA) is 93.8 Å². The summed E-state index contributed by atoms with van der Waals surface area (Å²) in [4.78, 5) is 25.5. The van der Waals surface area contributed by atoms with E-state index in [1.807, 2.05) is 48.9 Å². The Labute approximate surface area is 196 Å². The van der Waals surface area contributed by atoms with E-state index in [-0.39, 0.29) is 11.6 Å². The van der Waals surface area contributed by atoms with Crippen molar-refractivity contribution in [1.29, 1.82) is 0 Å². The van der Waals surface area contributed by atoms with Crippen molar-refractivity contribution in [2.24, 2.45) is 7.05 Å². The second-order valence-corrected chi connectivity index (χ2v) is 8.02. The molecule has 0 unspecified atom stereocenters. The molecule has 0 fully saturated rings. The Kier molecular flexibility index (Phi) is 6.28. The standard InChI is InChI=1S/C24H23ClN6O2/c1-15-22(16(2)31(28-15)14-17-9-5-4-6-10-17)27-24(33)20-13-21(30(3)29-20)26-23(32)18-11-7-8-12-19(18)25/h4-13H,14H2,1-3H3,(H,26,32)(H,27,33). The predicted octanol–water partition coefficient (Wildman–Crippen LogP) is 4.44. The number of aromatic nitrogens is 4. The van der Waals surface area contributed by atoms with Gasteiger partial charge in [-0.25, -0.2) is 0 Å². The lowest BCUT2D eigenvalue weighted by Crippen LogP contribution is -2.15. The third kappa shape index (κ3) is 4.80. The molecule has 2 N–H and O–H groups in total. The lowest BCUT2D eigenvalue weighted by Gasteiger charge is -2.06. The minimum atomic E-state index is -0.394. The number of hydrogen-bond acceptors (Lipinski definition) is 4. The summed E-state index contributed by atoms with van der Waals surface area (Å²) in [6.45, 7) is 4.36. The number of carbonyl (C=O) groups is 2. The first-order valence-electron chi connectivity index (χ1n) is 10.3. The fourth-order valence-electron chi connectivity index (χ4n) is 3.49. The summed E-state index contributed by atoms with van der Waals surface area (Å²) >= 11 is 6.10. The van der Waals surface area contributed by atoms with Crippen LogP contribution in [0.5, 0.6) is 0 Å². The van der Waals surface area contributed by atoms with E-state index in [0.717, 1.165) is 11.3 Å². The van der Waals surface area contributed by atoms with Crippen molar-refractivity contribution in [3.05, 3.63) is 93.9 Å². The van der Waals surface area contributed by atoms with Crippen LogP contribution in [0.1, 0.15) is 37.8 Å². The highest BCUT2D eigenvalue weighted by Gasteiger charge is 2.20. The molecule has 2 heterocycles. The molecule has 0 saturated carbocycles. The summed E-state index contributed by atoms with van der Waals surface area (Å²) in [5, 5.41) is 14.8. The van der Waals surface area contributed by atoms with E-state index in [9.17, 15) is 9.59 Å². The molecule has 2 amide bonds. The number of rotatable bonds is 6. The molecule has 0 aliphatic carbocycles. The molecule has 168 valence electrons. The number of nitrogens with one attached hydrogen (secondary N) is 2. The fraction of sp³-hybridized carbons (Fsp3) is 0.167. The van der Waals surface area contributed by atoms with E-state index in [2.05, 4.69) is 20.8 Å². The second-order valence-electron chi connectivity index (χ2n) is 7.62. The summed E-state index contributed by atoms with van der Waals surface area (Å²) in [6, 6.07) is 18.2. The van der Waals surface area contributed by atoms with Crippen LogP contribution in [0.3, 0.4) is 0 Å². The first-order chi connectivity index (χ1) is 15.8. The number of hydrogen-bond donors (Lipinski definition) is 2. The van der Waals surface area contributed by atoms with Crippen molar-refractivity contribution < 1.29 is 9.59 Å². The lowest BCUT2D eigenvalue weighted by atomic mass is 10.2. The smallest absolute Gasteiger partial charge is 0.276 e. The minimum absolute atomic E-state index is 0.168. The molecule has 2 aromatic carbocycles. The summed E-state index contributed by atoms with van der Waals surface area (Å²) in [7, 11) is 1.65. The van der Waals surface area contributed by atoms with Crippen molar-refractivity contribution in [3.8, 4) is 0 Å². The maximum Gasteiger partial charge on any atom is 0.276 e. The van der Waals surface area contributed by atoms with Crippen LogP contribution >= 0.6 is 11.6 Å². The van der Waals surface area contributed by atoms with Gasteiger partial charge in [0, 0.05) is 13.1 Å². The van der Waals surface area contributed by atoms with Gasteiger partial charge in [-0.3, -0.25) is 19.0 Å². The van der Waals surface area contributed by atoms with Crippen LogP contribution in [0, 0.1) is 13.8 Å². The van der Waals surface area contributed by atoms with Crippen molar-refractivity contribution >= 4 is 34.9 Å². The van der Waals surface area contributed by atoms with E-state index in [1.54, 1.807) is 31.3 Å². The van der Waals surface area contributed by atoms with Crippen LogP contribution < -0.4 is 10.6 Å². The molecule has 0 radical (unpaired) electrons.